The molecule has 0 aliphatic rings. The Balaban J connectivity index is 1.62. The van der Waals surface area contributed by atoms with E-state index >= 15 is 0 Å². The van der Waals surface area contributed by atoms with E-state index in [2.05, 4.69) is 10.3 Å². The summed E-state index contributed by atoms with van der Waals surface area (Å²) in [5, 5.41) is 5.24. The molecule has 6 heteroatoms. The number of nitrogens with zero attached hydrogens (tertiary/aromatic N) is 1. The van der Waals surface area contributed by atoms with Crippen molar-refractivity contribution in [1.82, 2.24) is 4.98 Å². The predicted molar refractivity (Wildman–Crippen MR) is 105 cm³/mol. The second-order valence-electron chi connectivity index (χ2n) is 5.36. The molecule has 5 nitrogen and oxygen atoms in total. The number of methoxy groups -OCH3 is 2. The van der Waals surface area contributed by atoms with E-state index in [1.54, 1.807) is 20.3 Å². The molecular formula is C20H18N2O3S. The average Bonchev–Trinajstić information content (AvgIpc) is 3.15. The van der Waals surface area contributed by atoms with Gasteiger partial charge in [0.05, 0.1) is 19.9 Å². The summed E-state index contributed by atoms with van der Waals surface area (Å²) in [6.45, 7) is 0. The molecular weight excluding hydrogens is 348 g/mol. The van der Waals surface area contributed by atoms with Crippen LogP contribution in [-0.4, -0.2) is 25.1 Å². The number of amides is 1. The third kappa shape index (κ3) is 4.49. The molecule has 0 aliphatic heterocycles. The van der Waals surface area contributed by atoms with Gasteiger partial charge in [0.15, 0.2) is 5.13 Å². The maximum atomic E-state index is 12.1. The number of nitrogens with one attached hydrogen (secondary N) is 1. The highest BCUT2D eigenvalue weighted by Gasteiger charge is 2.06. The summed E-state index contributed by atoms with van der Waals surface area (Å²) < 4.78 is 10.3. The van der Waals surface area contributed by atoms with Crippen molar-refractivity contribution in [3.63, 3.8) is 0 Å². The standard InChI is InChI=1S/C20H18N2O3S/c1-24-16-8-3-14(4-9-16)5-12-19(23)22-20-21-18(13-26-20)15-6-10-17(25-2)11-7-15/h3-13H,1-2H3,(H,21,22,23). The van der Waals surface area contributed by atoms with E-state index in [0.717, 1.165) is 28.3 Å². The van der Waals surface area contributed by atoms with Crippen molar-refractivity contribution in [1.29, 1.82) is 0 Å². The van der Waals surface area contributed by atoms with E-state index in [1.165, 1.54) is 17.4 Å². The minimum atomic E-state index is -0.226. The minimum absolute atomic E-state index is 0.226. The molecule has 0 saturated heterocycles. The molecule has 1 aromatic heterocycles. The molecule has 1 heterocycles. The molecule has 3 rings (SSSR count). The van der Waals surface area contributed by atoms with E-state index < -0.39 is 0 Å². The smallest absolute Gasteiger partial charge is 0.250 e. The molecule has 0 radical (unpaired) electrons. The minimum Gasteiger partial charge on any atom is -0.497 e. The van der Waals surface area contributed by atoms with Crippen molar-refractivity contribution in [2.24, 2.45) is 0 Å². The van der Waals surface area contributed by atoms with Crippen LogP contribution in [0.1, 0.15) is 5.56 Å². The van der Waals surface area contributed by atoms with Gasteiger partial charge < -0.3 is 9.47 Å². The number of carbonyl (C=O) groups is 1. The number of hydrogen-bond acceptors (Lipinski definition) is 5. The van der Waals surface area contributed by atoms with Gasteiger partial charge in [-0.1, -0.05) is 12.1 Å². The van der Waals surface area contributed by atoms with Crippen LogP contribution in [0.15, 0.2) is 60.0 Å². The first-order valence-corrected chi connectivity index (χ1v) is 8.79. The zero-order chi connectivity index (χ0) is 18.4. The molecule has 2 aromatic carbocycles. The van der Waals surface area contributed by atoms with Gasteiger partial charge >= 0.3 is 0 Å². The van der Waals surface area contributed by atoms with Gasteiger partial charge in [-0.2, -0.15) is 0 Å². The van der Waals surface area contributed by atoms with Crippen LogP contribution in [0.4, 0.5) is 5.13 Å². The first kappa shape index (κ1) is 17.7. The molecule has 0 aliphatic carbocycles. The van der Waals surface area contributed by atoms with Crippen molar-refractivity contribution in [3.8, 4) is 22.8 Å². The van der Waals surface area contributed by atoms with Crippen LogP contribution in [0.25, 0.3) is 17.3 Å². The van der Waals surface area contributed by atoms with Crippen LogP contribution < -0.4 is 14.8 Å². The van der Waals surface area contributed by atoms with Gasteiger partial charge in [-0.15, -0.1) is 11.3 Å². The Morgan fingerprint density at radius 2 is 1.62 bits per heavy atom. The summed E-state index contributed by atoms with van der Waals surface area (Å²) in [7, 11) is 3.25. The first-order valence-electron chi connectivity index (χ1n) is 7.91. The number of thiazole rings is 1. The SMILES string of the molecule is COc1ccc(C=CC(=O)Nc2nc(-c3ccc(OC)cc3)cs2)cc1. The Labute approximate surface area is 155 Å². The van der Waals surface area contributed by atoms with Crippen molar-refractivity contribution in [3.05, 3.63) is 65.6 Å². The number of carbonyl (C=O) groups excluding carboxylic acids is 1. The van der Waals surface area contributed by atoms with E-state index in [4.69, 9.17) is 9.47 Å². The number of hydrogen-bond donors (Lipinski definition) is 1. The van der Waals surface area contributed by atoms with E-state index in [0.29, 0.717) is 5.13 Å². The van der Waals surface area contributed by atoms with Gasteiger partial charge in [-0.3, -0.25) is 10.1 Å². The lowest BCUT2D eigenvalue weighted by Crippen LogP contribution is -2.07. The lowest BCUT2D eigenvalue weighted by molar-refractivity contribution is -0.111. The normalized spacial score (nSPS) is 10.7. The summed E-state index contributed by atoms with van der Waals surface area (Å²) in [6.07, 6.45) is 3.23. The van der Waals surface area contributed by atoms with E-state index in [1.807, 2.05) is 53.9 Å². The number of anilines is 1. The zero-order valence-electron chi connectivity index (χ0n) is 14.4. The number of rotatable bonds is 6. The van der Waals surface area contributed by atoms with Crippen LogP contribution in [0, 0.1) is 0 Å². The molecule has 1 amide bonds. The molecule has 0 fully saturated rings. The number of ether oxygens (including phenoxy) is 2. The fourth-order valence-electron chi connectivity index (χ4n) is 2.26. The zero-order valence-corrected chi connectivity index (χ0v) is 15.2. The molecule has 1 N–H and O–H groups in total. The van der Waals surface area contributed by atoms with Gasteiger partial charge in [0.25, 0.3) is 0 Å². The van der Waals surface area contributed by atoms with Crippen LogP contribution in [0.3, 0.4) is 0 Å². The molecule has 132 valence electrons. The Morgan fingerprint density at radius 3 is 2.23 bits per heavy atom. The molecule has 26 heavy (non-hydrogen) atoms. The maximum absolute atomic E-state index is 12.1. The molecule has 0 unspecified atom stereocenters. The van der Waals surface area contributed by atoms with E-state index in [-0.39, 0.29) is 5.91 Å². The Morgan fingerprint density at radius 1 is 1.00 bits per heavy atom. The number of aromatic nitrogens is 1. The largest absolute Gasteiger partial charge is 0.497 e. The highest BCUT2D eigenvalue weighted by Crippen LogP contribution is 2.26. The lowest BCUT2D eigenvalue weighted by Gasteiger charge is -2.01. The van der Waals surface area contributed by atoms with Gasteiger partial charge in [-0.25, -0.2) is 4.98 Å². The van der Waals surface area contributed by atoms with Crippen LogP contribution in [-0.2, 0) is 4.79 Å². The molecule has 0 atom stereocenters. The second kappa shape index (κ2) is 8.31. The Kier molecular flexibility index (Phi) is 5.66. The third-order valence-electron chi connectivity index (χ3n) is 3.66. The monoisotopic (exact) mass is 366 g/mol. The van der Waals surface area contributed by atoms with Crippen molar-refractivity contribution in [2.45, 2.75) is 0 Å². The topological polar surface area (TPSA) is 60.5 Å². The fraction of sp³-hybridized carbons (Fsp3) is 0.100. The first-order chi connectivity index (χ1) is 12.7. The van der Waals surface area contributed by atoms with E-state index in [9.17, 15) is 4.79 Å². The Hall–Kier alpha value is -3.12. The summed E-state index contributed by atoms with van der Waals surface area (Å²) >= 11 is 1.38. The van der Waals surface area contributed by atoms with Crippen molar-refractivity contribution < 1.29 is 14.3 Å². The second-order valence-corrected chi connectivity index (χ2v) is 6.22. The van der Waals surface area contributed by atoms with Gasteiger partial charge in [0.1, 0.15) is 11.5 Å². The average molecular weight is 366 g/mol. The highest BCUT2D eigenvalue weighted by molar-refractivity contribution is 7.14. The number of benzene rings is 2. The Bertz CT molecular complexity index is 900. The molecule has 0 bridgehead atoms. The summed E-state index contributed by atoms with van der Waals surface area (Å²) in [5.41, 5.74) is 2.70. The predicted octanol–water partition coefficient (Wildman–Crippen LogP) is 4.48. The van der Waals surface area contributed by atoms with Gasteiger partial charge in [0.2, 0.25) is 5.91 Å². The third-order valence-corrected chi connectivity index (χ3v) is 4.42. The lowest BCUT2D eigenvalue weighted by atomic mass is 10.2. The quantitative estimate of drug-likeness (QED) is 0.654. The van der Waals surface area contributed by atoms with Crippen molar-refractivity contribution >= 4 is 28.5 Å². The molecule has 3 aromatic rings. The summed E-state index contributed by atoms with van der Waals surface area (Å²) in [6, 6.07) is 15.1. The van der Waals surface area contributed by atoms with Gasteiger partial charge in [-0.05, 0) is 48.0 Å². The van der Waals surface area contributed by atoms with Crippen LogP contribution in [0.2, 0.25) is 0 Å². The summed E-state index contributed by atoms with van der Waals surface area (Å²) in [5.74, 6) is 1.35. The molecule has 0 spiro atoms. The van der Waals surface area contributed by atoms with Gasteiger partial charge in [0, 0.05) is 17.0 Å². The maximum Gasteiger partial charge on any atom is 0.250 e. The fourth-order valence-corrected chi connectivity index (χ4v) is 2.98. The van der Waals surface area contributed by atoms with Crippen LogP contribution in [0.5, 0.6) is 11.5 Å². The van der Waals surface area contributed by atoms with Crippen molar-refractivity contribution in [2.75, 3.05) is 19.5 Å². The summed E-state index contributed by atoms with van der Waals surface area (Å²) in [4.78, 5) is 16.5. The highest BCUT2D eigenvalue weighted by atomic mass is 32.1. The molecule has 0 saturated carbocycles. The van der Waals surface area contributed by atoms with Crippen LogP contribution >= 0.6 is 11.3 Å².